The molecule has 1 aliphatic heterocycles. The van der Waals surface area contributed by atoms with Gasteiger partial charge in [-0.05, 0) is 25.2 Å². The van der Waals surface area contributed by atoms with Gasteiger partial charge in [0.1, 0.15) is 0 Å². The number of nitrogens with zero attached hydrogens (tertiary/aromatic N) is 1. The largest absolute Gasteiger partial charge is 0.394 e. The summed E-state index contributed by atoms with van der Waals surface area (Å²) in [4.78, 5) is 26.0. The Morgan fingerprint density at radius 1 is 1.13 bits per heavy atom. The molecule has 2 N–H and O–H groups in total. The number of likely N-dealkylation sites (tertiary alicyclic amines) is 1. The van der Waals surface area contributed by atoms with Gasteiger partial charge >= 0.3 is 0 Å². The number of carbonyl (C=O) groups excluding carboxylic acids is 2. The summed E-state index contributed by atoms with van der Waals surface area (Å²) >= 11 is 0. The smallest absolute Gasteiger partial charge is 0.223 e. The summed E-state index contributed by atoms with van der Waals surface area (Å²) in [5.74, 6) is 0.861. The minimum Gasteiger partial charge on any atom is -0.394 e. The number of amides is 2. The number of hydrogen-bond acceptors (Lipinski definition) is 3. The molecule has 5 heteroatoms. The van der Waals surface area contributed by atoms with E-state index in [0.29, 0.717) is 25.4 Å². The zero-order valence-corrected chi connectivity index (χ0v) is 14.4. The molecular formula is C18H32N2O3. The van der Waals surface area contributed by atoms with Gasteiger partial charge in [-0.15, -0.1) is 0 Å². The van der Waals surface area contributed by atoms with E-state index in [1.165, 1.54) is 32.1 Å². The van der Waals surface area contributed by atoms with Crippen molar-refractivity contribution >= 4 is 11.8 Å². The third-order valence-corrected chi connectivity index (χ3v) is 5.43. The molecule has 1 aliphatic carbocycles. The third kappa shape index (κ3) is 5.48. The topological polar surface area (TPSA) is 69.6 Å². The van der Waals surface area contributed by atoms with E-state index >= 15 is 0 Å². The SMILES string of the molecule is CCC(=O)N1CCC(C(=O)NC(CO)CC2CCCCC2)CC1. The molecule has 1 saturated carbocycles. The number of aliphatic hydroxyl groups excluding tert-OH is 1. The maximum absolute atomic E-state index is 12.4. The Morgan fingerprint density at radius 2 is 1.78 bits per heavy atom. The highest BCUT2D eigenvalue weighted by molar-refractivity contribution is 5.80. The van der Waals surface area contributed by atoms with E-state index in [0.717, 1.165) is 19.3 Å². The molecule has 0 bridgehead atoms. The molecule has 2 fully saturated rings. The number of hydrogen-bond donors (Lipinski definition) is 2. The second-order valence-corrected chi connectivity index (χ2v) is 7.14. The van der Waals surface area contributed by atoms with Crippen LogP contribution in [-0.4, -0.2) is 47.6 Å². The minimum absolute atomic E-state index is 0.0173. The first-order chi connectivity index (χ1) is 11.1. The van der Waals surface area contributed by atoms with E-state index in [1.54, 1.807) is 0 Å². The molecule has 1 heterocycles. The summed E-state index contributed by atoms with van der Waals surface area (Å²) in [5.41, 5.74) is 0. The molecule has 2 aliphatic rings. The van der Waals surface area contributed by atoms with Gasteiger partial charge in [0.2, 0.25) is 11.8 Å². The van der Waals surface area contributed by atoms with Gasteiger partial charge in [-0.1, -0.05) is 39.0 Å². The lowest BCUT2D eigenvalue weighted by atomic mass is 9.84. The normalized spacial score (nSPS) is 21.9. The summed E-state index contributed by atoms with van der Waals surface area (Å²) in [6.45, 7) is 3.25. The Bertz CT molecular complexity index is 386. The Kier molecular flexibility index (Phi) is 7.34. The predicted octanol–water partition coefficient (Wildman–Crippen LogP) is 2.08. The van der Waals surface area contributed by atoms with Crippen LogP contribution in [0.1, 0.15) is 64.7 Å². The van der Waals surface area contributed by atoms with Crippen molar-refractivity contribution < 1.29 is 14.7 Å². The third-order valence-electron chi connectivity index (χ3n) is 5.43. The monoisotopic (exact) mass is 324 g/mol. The molecule has 0 spiro atoms. The molecular weight excluding hydrogens is 292 g/mol. The summed E-state index contributed by atoms with van der Waals surface area (Å²) in [5, 5.41) is 12.6. The van der Waals surface area contributed by atoms with Crippen LogP contribution in [0.15, 0.2) is 0 Å². The lowest BCUT2D eigenvalue weighted by molar-refractivity contribution is -0.135. The first-order valence-corrected chi connectivity index (χ1v) is 9.33. The van der Waals surface area contributed by atoms with Crippen LogP contribution in [0.3, 0.4) is 0 Å². The summed E-state index contributed by atoms with van der Waals surface area (Å²) < 4.78 is 0. The van der Waals surface area contributed by atoms with Crippen molar-refractivity contribution in [3.63, 3.8) is 0 Å². The van der Waals surface area contributed by atoms with Gasteiger partial charge in [0.25, 0.3) is 0 Å². The quantitative estimate of drug-likeness (QED) is 0.786. The van der Waals surface area contributed by atoms with Crippen molar-refractivity contribution in [3.05, 3.63) is 0 Å². The standard InChI is InChI=1S/C18H32N2O3/c1-2-17(22)20-10-8-15(9-11-20)18(23)19-16(13-21)12-14-6-4-3-5-7-14/h14-16,21H,2-13H2,1H3,(H,19,23). The van der Waals surface area contributed by atoms with E-state index in [1.807, 2.05) is 11.8 Å². The van der Waals surface area contributed by atoms with Crippen LogP contribution in [0, 0.1) is 11.8 Å². The molecule has 2 amide bonds. The predicted molar refractivity (Wildman–Crippen MR) is 89.8 cm³/mol. The maximum Gasteiger partial charge on any atom is 0.223 e. The average molecular weight is 324 g/mol. The fourth-order valence-corrected chi connectivity index (χ4v) is 3.94. The average Bonchev–Trinajstić information content (AvgIpc) is 2.61. The number of nitrogens with one attached hydrogen (secondary N) is 1. The fraction of sp³-hybridized carbons (Fsp3) is 0.889. The maximum atomic E-state index is 12.4. The van der Waals surface area contributed by atoms with Gasteiger partial charge < -0.3 is 15.3 Å². The molecule has 1 saturated heterocycles. The lowest BCUT2D eigenvalue weighted by Crippen LogP contribution is -2.46. The summed E-state index contributed by atoms with van der Waals surface area (Å²) in [6, 6.07) is -0.110. The van der Waals surface area contributed by atoms with Crippen LogP contribution < -0.4 is 5.32 Å². The number of aliphatic hydroxyl groups is 1. The van der Waals surface area contributed by atoms with Crippen molar-refractivity contribution in [2.45, 2.75) is 70.8 Å². The van der Waals surface area contributed by atoms with E-state index < -0.39 is 0 Å². The molecule has 23 heavy (non-hydrogen) atoms. The molecule has 0 aromatic heterocycles. The van der Waals surface area contributed by atoms with Crippen molar-refractivity contribution in [3.8, 4) is 0 Å². The van der Waals surface area contributed by atoms with Crippen molar-refractivity contribution in [1.82, 2.24) is 10.2 Å². The second-order valence-electron chi connectivity index (χ2n) is 7.14. The van der Waals surface area contributed by atoms with E-state index in [-0.39, 0.29) is 30.4 Å². The highest BCUT2D eigenvalue weighted by atomic mass is 16.3. The molecule has 0 aromatic carbocycles. The molecule has 2 rings (SSSR count). The van der Waals surface area contributed by atoms with Crippen molar-refractivity contribution in [2.75, 3.05) is 19.7 Å². The van der Waals surface area contributed by atoms with Crippen LogP contribution in [0.5, 0.6) is 0 Å². The highest BCUT2D eigenvalue weighted by Gasteiger charge is 2.28. The molecule has 0 radical (unpaired) electrons. The van der Waals surface area contributed by atoms with Gasteiger partial charge in [-0.2, -0.15) is 0 Å². The first kappa shape index (κ1) is 18.2. The van der Waals surface area contributed by atoms with Crippen molar-refractivity contribution in [1.29, 1.82) is 0 Å². The lowest BCUT2D eigenvalue weighted by Gasteiger charge is -2.32. The van der Waals surface area contributed by atoms with E-state index in [9.17, 15) is 14.7 Å². The fourth-order valence-electron chi connectivity index (χ4n) is 3.94. The Labute approximate surface area is 139 Å². The number of rotatable bonds is 6. The van der Waals surface area contributed by atoms with Crippen molar-refractivity contribution in [2.24, 2.45) is 11.8 Å². The number of piperidine rings is 1. The van der Waals surface area contributed by atoms with Gasteiger partial charge in [0, 0.05) is 25.4 Å². The number of carbonyl (C=O) groups is 2. The molecule has 5 nitrogen and oxygen atoms in total. The van der Waals surface area contributed by atoms with Gasteiger partial charge in [-0.3, -0.25) is 9.59 Å². The molecule has 1 atom stereocenters. The molecule has 132 valence electrons. The van der Waals surface area contributed by atoms with Crippen LogP contribution in [-0.2, 0) is 9.59 Å². The Morgan fingerprint density at radius 3 is 2.35 bits per heavy atom. The van der Waals surface area contributed by atoms with Gasteiger partial charge in [0.15, 0.2) is 0 Å². The highest BCUT2D eigenvalue weighted by Crippen LogP contribution is 2.27. The zero-order chi connectivity index (χ0) is 16.7. The zero-order valence-electron chi connectivity index (χ0n) is 14.4. The second kappa shape index (κ2) is 9.26. The van der Waals surface area contributed by atoms with Crippen LogP contribution in [0.2, 0.25) is 0 Å². The van der Waals surface area contributed by atoms with E-state index in [2.05, 4.69) is 5.32 Å². The summed E-state index contributed by atoms with van der Waals surface area (Å²) in [6.07, 6.45) is 9.23. The van der Waals surface area contributed by atoms with Gasteiger partial charge in [0.05, 0.1) is 12.6 Å². The molecule has 1 unspecified atom stereocenters. The Balaban J connectivity index is 1.75. The minimum atomic E-state index is -0.110. The van der Waals surface area contributed by atoms with Crippen LogP contribution >= 0.6 is 0 Å². The molecule has 0 aromatic rings. The first-order valence-electron chi connectivity index (χ1n) is 9.33. The Hall–Kier alpha value is -1.10. The van der Waals surface area contributed by atoms with Crippen LogP contribution in [0.25, 0.3) is 0 Å². The van der Waals surface area contributed by atoms with Gasteiger partial charge in [-0.25, -0.2) is 0 Å². The van der Waals surface area contributed by atoms with E-state index in [4.69, 9.17) is 0 Å². The van der Waals surface area contributed by atoms with Crippen LogP contribution in [0.4, 0.5) is 0 Å². The summed E-state index contributed by atoms with van der Waals surface area (Å²) in [7, 11) is 0.